The number of benzene rings is 1. The lowest BCUT2D eigenvalue weighted by atomic mass is 10.1. The molecule has 0 bridgehead atoms. The first-order chi connectivity index (χ1) is 7.77. The number of carbonyl (C=O) groups is 1. The van der Waals surface area contributed by atoms with E-state index in [1.165, 1.54) is 11.8 Å². The number of imidazole rings is 1. The van der Waals surface area contributed by atoms with Crippen LogP contribution in [0.3, 0.4) is 0 Å². The van der Waals surface area contributed by atoms with Crippen molar-refractivity contribution in [1.82, 2.24) is 9.97 Å². The van der Waals surface area contributed by atoms with Crippen molar-refractivity contribution < 1.29 is 4.79 Å². The molecule has 0 fully saturated rings. The molecule has 1 aromatic heterocycles. The van der Waals surface area contributed by atoms with E-state index in [9.17, 15) is 4.79 Å². The fourth-order valence-electron chi connectivity index (χ4n) is 1.23. The summed E-state index contributed by atoms with van der Waals surface area (Å²) in [5.41, 5.74) is 0.559. The molecule has 1 aromatic carbocycles. The van der Waals surface area contributed by atoms with Crippen LogP contribution >= 0.6 is 23.4 Å². The van der Waals surface area contributed by atoms with Gasteiger partial charge in [-0.3, -0.25) is 4.79 Å². The average Bonchev–Trinajstić information content (AvgIpc) is 2.79. The minimum atomic E-state index is 0.00648. The first-order valence-electron chi connectivity index (χ1n) is 4.67. The van der Waals surface area contributed by atoms with E-state index in [2.05, 4.69) is 9.97 Å². The number of Topliss-reactive ketones (excluding diaryl/α,β-unsaturated/α-hetero) is 1. The van der Waals surface area contributed by atoms with E-state index in [-0.39, 0.29) is 5.78 Å². The topological polar surface area (TPSA) is 45.8 Å². The molecular weight excluding hydrogens is 244 g/mol. The number of nitrogens with zero attached hydrogens (tertiary/aromatic N) is 1. The first kappa shape index (κ1) is 11.2. The Balaban J connectivity index is 2.01. The molecule has 0 atom stereocenters. The van der Waals surface area contributed by atoms with Gasteiger partial charge < -0.3 is 4.98 Å². The van der Waals surface area contributed by atoms with Crippen LogP contribution in [0.2, 0.25) is 5.02 Å². The molecule has 2 aromatic rings. The number of rotatable bonds is 4. The molecule has 0 aliphatic carbocycles. The third-order valence-corrected chi connectivity index (χ3v) is 3.22. The average molecular weight is 253 g/mol. The monoisotopic (exact) mass is 252 g/mol. The van der Waals surface area contributed by atoms with Gasteiger partial charge in [-0.15, -0.1) is 0 Å². The van der Waals surface area contributed by atoms with E-state index >= 15 is 0 Å². The first-order valence-corrected chi connectivity index (χ1v) is 6.03. The third-order valence-electron chi connectivity index (χ3n) is 1.99. The van der Waals surface area contributed by atoms with Gasteiger partial charge in [0.2, 0.25) is 0 Å². The molecule has 0 saturated heterocycles. The van der Waals surface area contributed by atoms with Crippen LogP contribution in [0.15, 0.2) is 41.8 Å². The number of thioether (sulfide) groups is 1. The van der Waals surface area contributed by atoms with E-state index in [1.54, 1.807) is 36.7 Å². The Hall–Kier alpha value is -1.26. The van der Waals surface area contributed by atoms with Crippen molar-refractivity contribution in [3.05, 3.63) is 47.2 Å². The summed E-state index contributed by atoms with van der Waals surface area (Å²) >= 11 is 7.29. The molecule has 0 aliphatic heterocycles. The van der Waals surface area contributed by atoms with Crippen LogP contribution in [0.4, 0.5) is 0 Å². The maximum absolute atomic E-state index is 11.8. The molecule has 0 saturated carbocycles. The van der Waals surface area contributed by atoms with Gasteiger partial charge in [0.15, 0.2) is 10.9 Å². The van der Waals surface area contributed by atoms with Gasteiger partial charge in [0.1, 0.15) is 0 Å². The number of aromatic nitrogens is 2. The molecule has 5 heteroatoms. The van der Waals surface area contributed by atoms with Crippen molar-refractivity contribution in [2.24, 2.45) is 0 Å². The van der Waals surface area contributed by atoms with Crippen molar-refractivity contribution >= 4 is 29.1 Å². The largest absolute Gasteiger partial charge is 0.340 e. The van der Waals surface area contributed by atoms with Crippen molar-refractivity contribution in [2.75, 3.05) is 5.75 Å². The number of aromatic amines is 1. The maximum atomic E-state index is 11.8. The Morgan fingerprint density at radius 2 is 2.25 bits per heavy atom. The molecule has 16 heavy (non-hydrogen) atoms. The molecule has 0 unspecified atom stereocenters. The van der Waals surface area contributed by atoms with Crippen molar-refractivity contribution in [1.29, 1.82) is 0 Å². The fourth-order valence-corrected chi connectivity index (χ4v) is 2.18. The van der Waals surface area contributed by atoms with Gasteiger partial charge in [-0.05, 0) is 12.1 Å². The summed E-state index contributed by atoms with van der Waals surface area (Å²) < 4.78 is 0. The summed E-state index contributed by atoms with van der Waals surface area (Å²) in [6.45, 7) is 0. The van der Waals surface area contributed by atoms with Crippen LogP contribution in [0.25, 0.3) is 0 Å². The van der Waals surface area contributed by atoms with E-state index < -0.39 is 0 Å². The lowest BCUT2D eigenvalue weighted by Gasteiger charge is -2.01. The van der Waals surface area contributed by atoms with E-state index in [1.807, 2.05) is 0 Å². The molecule has 82 valence electrons. The lowest BCUT2D eigenvalue weighted by molar-refractivity contribution is 0.102. The molecular formula is C11H9ClN2OS. The maximum Gasteiger partial charge on any atom is 0.174 e. The quantitative estimate of drug-likeness (QED) is 0.672. The Bertz CT molecular complexity index is 484. The van der Waals surface area contributed by atoms with Crippen LogP contribution < -0.4 is 0 Å². The molecule has 0 aliphatic rings. The second-order valence-electron chi connectivity index (χ2n) is 3.09. The molecule has 3 nitrogen and oxygen atoms in total. The van der Waals surface area contributed by atoms with Crippen LogP contribution in [-0.4, -0.2) is 21.5 Å². The number of ketones is 1. The van der Waals surface area contributed by atoms with E-state index in [0.29, 0.717) is 16.3 Å². The zero-order chi connectivity index (χ0) is 11.4. The van der Waals surface area contributed by atoms with Gasteiger partial charge in [0.05, 0.1) is 10.8 Å². The molecule has 2 rings (SSSR count). The SMILES string of the molecule is O=C(CSc1ncc[nH]1)c1ccccc1Cl. The van der Waals surface area contributed by atoms with E-state index in [4.69, 9.17) is 11.6 Å². The normalized spacial score (nSPS) is 10.3. The van der Waals surface area contributed by atoms with E-state index in [0.717, 1.165) is 5.16 Å². The van der Waals surface area contributed by atoms with Gasteiger partial charge in [-0.25, -0.2) is 4.98 Å². The van der Waals surface area contributed by atoms with Crippen LogP contribution in [0, 0.1) is 0 Å². The van der Waals surface area contributed by atoms with Gasteiger partial charge in [0.25, 0.3) is 0 Å². The summed E-state index contributed by atoms with van der Waals surface area (Å²) in [6, 6.07) is 7.05. The number of carbonyl (C=O) groups excluding carboxylic acids is 1. The van der Waals surface area contributed by atoms with Gasteiger partial charge in [-0.2, -0.15) is 0 Å². The number of nitrogens with one attached hydrogen (secondary N) is 1. The van der Waals surface area contributed by atoms with Crippen LogP contribution in [0.1, 0.15) is 10.4 Å². The van der Waals surface area contributed by atoms with Gasteiger partial charge >= 0.3 is 0 Å². The second-order valence-corrected chi connectivity index (χ2v) is 4.46. The van der Waals surface area contributed by atoms with Crippen LogP contribution in [-0.2, 0) is 0 Å². The summed E-state index contributed by atoms with van der Waals surface area (Å²) in [5, 5.41) is 1.23. The number of hydrogen-bond acceptors (Lipinski definition) is 3. The summed E-state index contributed by atoms with van der Waals surface area (Å²) in [4.78, 5) is 18.8. The molecule has 1 heterocycles. The lowest BCUT2D eigenvalue weighted by Crippen LogP contribution is -2.03. The van der Waals surface area contributed by atoms with Crippen molar-refractivity contribution in [3.8, 4) is 0 Å². The fraction of sp³-hybridized carbons (Fsp3) is 0.0909. The highest BCUT2D eigenvalue weighted by molar-refractivity contribution is 7.99. The second kappa shape index (κ2) is 5.18. The summed E-state index contributed by atoms with van der Waals surface area (Å²) in [7, 11) is 0. The minimum Gasteiger partial charge on any atom is -0.340 e. The molecule has 0 radical (unpaired) electrons. The Morgan fingerprint density at radius 1 is 1.44 bits per heavy atom. The zero-order valence-electron chi connectivity index (χ0n) is 8.31. The summed E-state index contributed by atoms with van der Waals surface area (Å²) in [6.07, 6.45) is 3.38. The molecule has 1 N–H and O–H groups in total. The van der Waals surface area contributed by atoms with Crippen molar-refractivity contribution in [2.45, 2.75) is 5.16 Å². The number of hydrogen-bond donors (Lipinski definition) is 1. The van der Waals surface area contributed by atoms with Gasteiger partial charge in [0, 0.05) is 18.0 Å². The number of halogens is 1. The highest BCUT2D eigenvalue weighted by Crippen LogP contribution is 2.19. The minimum absolute atomic E-state index is 0.00648. The predicted octanol–water partition coefficient (Wildman–Crippen LogP) is 3.04. The standard InChI is InChI=1S/C11H9ClN2OS/c12-9-4-2-1-3-8(9)10(15)7-16-11-13-5-6-14-11/h1-6H,7H2,(H,13,14). The van der Waals surface area contributed by atoms with Crippen LogP contribution in [0.5, 0.6) is 0 Å². The Kier molecular flexibility index (Phi) is 3.64. The predicted molar refractivity (Wildman–Crippen MR) is 65.1 cm³/mol. The smallest absolute Gasteiger partial charge is 0.174 e. The Labute approximate surface area is 102 Å². The molecule has 0 amide bonds. The number of H-pyrrole nitrogens is 1. The van der Waals surface area contributed by atoms with Crippen molar-refractivity contribution in [3.63, 3.8) is 0 Å². The summed E-state index contributed by atoms with van der Waals surface area (Å²) in [5.74, 6) is 0.337. The third kappa shape index (κ3) is 2.65. The Morgan fingerprint density at radius 3 is 2.94 bits per heavy atom. The molecule has 0 spiro atoms. The highest BCUT2D eigenvalue weighted by Gasteiger charge is 2.10. The highest BCUT2D eigenvalue weighted by atomic mass is 35.5. The van der Waals surface area contributed by atoms with Gasteiger partial charge in [-0.1, -0.05) is 35.5 Å². The zero-order valence-corrected chi connectivity index (χ0v) is 9.89.